The molecule has 0 aliphatic carbocycles. The first-order valence-electron chi connectivity index (χ1n) is 11.0. The molecule has 176 valence electrons. The third kappa shape index (κ3) is 4.38. The van der Waals surface area contributed by atoms with E-state index in [1.54, 1.807) is 24.1 Å². The van der Waals surface area contributed by atoms with E-state index < -0.39 is 5.91 Å². The summed E-state index contributed by atoms with van der Waals surface area (Å²) in [6, 6.07) is 12.4. The van der Waals surface area contributed by atoms with Gasteiger partial charge < -0.3 is 19.5 Å². The maximum Gasteiger partial charge on any atom is 0.322 e. The van der Waals surface area contributed by atoms with Crippen LogP contribution in [0.4, 0.5) is 9.80 Å². The molecule has 2 aromatic heterocycles. The maximum atomic E-state index is 13.0. The number of pyridine rings is 1. The monoisotopic (exact) mass is 480 g/mol. The number of carbonyl (C=O) groups is 2. The zero-order valence-corrected chi connectivity index (χ0v) is 19.4. The normalized spacial score (nSPS) is 18.7. The molecule has 10 nitrogen and oxygen atoms in total. The number of nitrogens with one attached hydrogen (secondary N) is 2. The summed E-state index contributed by atoms with van der Waals surface area (Å²) in [6.45, 7) is 1.98. The number of aromatic nitrogens is 3. The molecule has 11 heteroatoms. The Balaban J connectivity index is 1.23. The third-order valence-electron chi connectivity index (χ3n) is 6.30. The maximum absolute atomic E-state index is 13.0. The highest BCUT2D eigenvalue weighted by atomic mass is 32.1. The summed E-state index contributed by atoms with van der Waals surface area (Å²) in [5, 5.41) is 9.85. The van der Waals surface area contributed by atoms with Gasteiger partial charge in [-0.05, 0) is 36.1 Å². The Hall–Kier alpha value is -3.73. The van der Waals surface area contributed by atoms with Gasteiger partial charge in [0, 0.05) is 55.4 Å². The number of piperidine rings is 1. The summed E-state index contributed by atoms with van der Waals surface area (Å²) in [7, 11) is 1.60. The third-order valence-corrected chi connectivity index (χ3v) is 6.94. The summed E-state index contributed by atoms with van der Waals surface area (Å²) in [4.78, 5) is 39.7. The second-order valence-corrected chi connectivity index (χ2v) is 9.27. The molecule has 4 heterocycles. The number of fused-ring (bicyclic) bond motifs is 4. The zero-order valence-electron chi connectivity index (χ0n) is 18.6. The molecule has 0 spiro atoms. The van der Waals surface area contributed by atoms with E-state index in [1.807, 2.05) is 34.9 Å². The van der Waals surface area contributed by atoms with Crippen LogP contribution in [0.15, 0.2) is 47.3 Å². The molecule has 2 atom stereocenters. The van der Waals surface area contributed by atoms with Crippen LogP contribution in [0, 0.1) is 5.92 Å². The quantitative estimate of drug-likeness (QED) is 0.579. The minimum atomic E-state index is -0.413. The van der Waals surface area contributed by atoms with Crippen molar-refractivity contribution < 1.29 is 14.3 Å². The minimum Gasteiger partial charge on any atom is -0.497 e. The van der Waals surface area contributed by atoms with Crippen LogP contribution in [0.5, 0.6) is 5.75 Å². The molecule has 0 unspecified atom stereocenters. The van der Waals surface area contributed by atoms with Crippen molar-refractivity contribution in [3.05, 3.63) is 69.8 Å². The summed E-state index contributed by atoms with van der Waals surface area (Å²) in [5.74, 6) is 0.646. The number of amides is 3. The molecule has 2 bridgehead atoms. The molecule has 3 amide bonds. The molecule has 5 rings (SSSR count). The topological polar surface area (TPSA) is 118 Å². The van der Waals surface area contributed by atoms with E-state index in [0.717, 1.165) is 35.0 Å². The molecule has 2 N–H and O–H groups in total. The number of likely N-dealkylation sites (tertiary alicyclic amines) is 1. The lowest BCUT2D eigenvalue weighted by atomic mass is 9.83. The summed E-state index contributed by atoms with van der Waals surface area (Å²) in [6.07, 6.45) is 0.953. The predicted molar refractivity (Wildman–Crippen MR) is 126 cm³/mol. The van der Waals surface area contributed by atoms with Gasteiger partial charge in [0.2, 0.25) is 0 Å². The van der Waals surface area contributed by atoms with E-state index in [0.29, 0.717) is 31.2 Å². The van der Waals surface area contributed by atoms with Crippen molar-refractivity contribution in [1.29, 1.82) is 0 Å². The average molecular weight is 481 g/mol. The van der Waals surface area contributed by atoms with Crippen molar-refractivity contribution in [3.8, 4) is 5.75 Å². The summed E-state index contributed by atoms with van der Waals surface area (Å²) < 4.78 is 10.8. The fraction of sp³-hybridized carbons (Fsp3) is 0.348. The number of methoxy groups -OCH3 is 1. The number of rotatable bonds is 5. The van der Waals surface area contributed by atoms with E-state index >= 15 is 0 Å². The second-order valence-electron chi connectivity index (χ2n) is 8.51. The summed E-state index contributed by atoms with van der Waals surface area (Å²) >= 11 is 0.966. The highest BCUT2D eigenvalue weighted by molar-refractivity contribution is 7.10. The van der Waals surface area contributed by atoms with Crippen LogP contribution in [0.2, 0.25) is 0 Å². The molecule has 1 saturated heterocycles. The Labute approximate surface area is 199 Å². The molecule has 0 radical (unpaired) electrons. The first kappa shape index (κ1) is 22.1. The van der Waals surface area contributed by atoms with Gasteiger partial charge in [-0.15, -0.1) is 5.10 Å². The van der Waals surface area contributed by atoms with Crippen LogP contribution in [-0.4, -0.2) is 51.2 Å². The first-order valence-corrected chi connectivity index (χ1v) is 11.8. The number of ether oxygens (including phenoxy) is 1. The van der Waals surface area contributed by atoms with Gasteiger partial charge in [-0.3, -0.25) is 14.9 Å². The highest BCUT2D eigenvalue weighted by Gasteiger charge is 2.36. The van der Waals surface area contributed by atoms with Crippen molar-refractivity contribution >= 4 is 28.5 Å². The number of hydrogen-bond donors (Lipinski definition) is 2. The first-order chi connectivity index (χ1) is 16.5. The van der Waals surface area contributed by atoms with Crippen LogP contribution < -0.4 is 20.9 Å². The Morgan fingerprint density at radius 3 is 2.76 bits per heavy atom. The number of benzene rings is 1. The number of nitrogens with zero attached hydrogens (tertiary/aromatic N) is 4. The molecule has 1 fully saturated rings. The fourth-order valence-electron chi connectivity index (χ4n) is 4.67. The van der Waals surface area contributed by atoms with Gasteiger partial charge >= 0.3 is 6.03 Å². The van der Waals surface area contributed by atoms with E-state index in [4.69, 9.17) is 4.74 Å². The number of carbonyl (C=O) groups excluding carboxylic acids is 2. The fourth-order valence-corrected chi connectivity index (χ4v) is 5.23. The van der Waals surface area contributed by atoms with E-state index in [9.17, 15) is 14.4 Å². The second kappa shape index (κ2) is 9.26. The van der Waals surface area contributed by atoms with Crippen LogP contribution in [-0.2, 0) is 13.1 Å². The smallest absolute Gasteiger partial charge is 0.322 e. The molecule has 34 heavy (non-hydrogen) atoms. The Morgan fingerprint density at radius 2 is 1.97 bits per heavy atom. The van der Waals surface area contributed by atoms with Crippen molar-refractivity contribution in [2.45, 2.75) is 25.4 Å². The zero-order chi connectivity index (χ0) is 23.7. The lowest BCUT2D eigenvalue weighted by Gasteiger charge is -2.42. The lowest BCUT2D eigenvalue weighted by molar-refractivity contribution is 0.0946. The molecule has 2 aliphatic rings. The SMILES string of the molecule is COc1ccc(CNC(=O)c2nnsc2NC(=O)N2C[C@@H]3C[C@H](C2)c2cccc(=O)n2C3)cc1. The Morgan fingerprint density at radius 1 is 1.15 bits per heavy atom. The van der Waals surface area contributed by atoms with Gasteiger partial charge in [-0.2, -0.15) is 0 Å². The molecule has 1 aromatic carbocycles. The molecule has 0 saturated carbocycles. The van der Waals surface area contributed by atoms with Crippen molar-refractivity contribution in [1.82, 2.24) is 24.4 Å². The molecular formula is C23H24N6O4S. The van der Waals surface area contributed by atoms with E-state index in [2.05, 4.69) is 20.2 Å². The van der Waals surface area contributed by atoms with Gasteiger partial charge in [-0.25, -0.2) is 4.79 Å². The highest BCUT2D eigenvalue weighted by Crippen LogP contribution is 2.35. The van der Waals surface area contributed by atoms with Crippen LogP contribution in [0.1, 0.15) is 34.1 Å². The van der Waals surface area contributed by atoms with Crippen LogP contribution >= 0.6 is 11.5 Å². The van der Waals surface area contributed by atoms with Gasteiger partial charge in [0.05, 0.1) is 7.11 Å². The van der Waals surface area contributed by atoms with E-state index in [-0.39, 0.29) is 29.1 Å². The Kier molecular flexibility index (Phi) is 6.01. The standard InChI is InChI=1S/C23H24N6O4S/c1-33-17-7-5-14(6-8-17)10-24-21(31)20-22(34-27-26-20)25-23(32)28-11-15-9-16(13-28)18-3-2-4-19(30)29(18)12-15/h2-8,15-16H,9-13H2,1H3,(H,24,31)(H,25,32)/t15-,16+/m0/s1. The number of hydrogen-bond acceptors (Lipinski definition) is 7. The number of urea groups is 1. The minimum absolute atomic E-state index is 0.00568. The van der Waals surface area contributed by atoms with Crippen LogP contribution in [0.25, 0.3) is 0 Å². The van der Waals surface area contributed by atoms with E-state index in [1.165, 1.54) is 0 Å². The van der Waals surface area contributed by atoms with Crippen molar-refractivity contribution in [3.63, 3.8) is 0 Å². The molecular weight excluding hydrogens is 456 g/mol. The van der Waals surface area contributed by atoms with Crippen LogP contribution in [0.3, 0.4) is 0 Å². The largest absolute Gasteiger partial charge is 0.497 e. The van der Waals surface area contributed by atoms with Gasteiger partial charge in [0.15, 0.2) is 10.7 Å². The molecule has 2 aliphatic heterocycles. The lowest BCUT2D eigenvalue weighted by Crippen LogP contribution is -2.50. The predicted octanol–water partition coefficient (Wildman–Crippen LogP) is 2.29. The van der Waals surface area contributed by atoms with Crippen molar-refractivity contribution in [2.75, 3.05) is 25.5 Å². The van der Waals surface area contributed by atoms with Gasteiger partial charge in [0.1, 0.15) is 5.75 Å². The van der Waals surface area contributed by atoms with Crippen molar-refractivity contribution in [2.24, 2.45) is 5.92 Å². The Bertz CT molecular complexity index is 1270. The molecule has 3 aromatic rings. The summed E-state index contributed by atoms with van der Waals surface area (Å²) in [5.41, 5.74) is 1.97. The van der Waals surface area contributed by atoms with Gasteiger partial charge in [0.25, 0.3) is 11.5 Å². The van der Waals surface area contributed by atoms with Gasteiger partial charge in [-0.1, -0.05) is 22.7 Å². The number of anilines is 1. The average Bonchev–Trinajstić information content (AvgIpc) is 3.31.